The number of carbonyl (C=O) groups is 3. The van der Waals surface area contributed by atoms with Gasteiger partial charge in [0.25, 0.3) is 5.91 Å². The van der Waals surface area contributed by atoms with E-state index in [1.165, 1.54) is 6.26 Å². The van der Waals surface area contributed by atoms with E-state index in [0.717, 1.165) is 0 Å². The summed E-state index contributed by atoms with van der Waals surface area (Å²) in [4.78, 5) is 42.4. The highest BCUT2D eigenvalue weighted by atomic mass is 16.3. The van der Waals surface area contributed by atoms with Crippen molar-refractivity contribution in [1.82, 2.24) is 14.7 Å². The Balaban J connectivity index is 1.30. The number of amides is 3. The summed E-state index contributed by atoms with van der Waals surface area (Å²) in [5.41, 5.74) is 0. The summed E-state index contributed by atoms with van der Waals surface area (Å²) in [5.74, 6) is 0.477. The van der Waals surface area contributed by atoms with Crippen LogP contribution in [0.5, 0.6) is 0 Å². The van der Waals surface area contributed by atoms with E-state index >= 15 is 0 Å². The second-order valence-corrected chi connectivity index (χ2v) is 6.85. The summed E-state index contributed by atoms with van der Waals surface area (Å²) in [6.07, 6.45) is 3.27. The summed E-state index contributed by atoms with van der Waals surface area (Å²) < 4.78 is 10.4. The number of nitrogens with zero attached hydrogens (tertiary/aromatic N) is 3. The third kappa shape index (κ3) is 3.60. The first-order valence-electron chi connectivity index (χ1n) is 9.03. The lowest BCUT2D eigenvalue weighted by Gasteiger charge is -2.35. The lowest BCUT2D eigenvalue weighted by atomic mass is 10.1. The molecule has 2 aromatic rings. The molecule has 0 spiro atoms. The van der Waals surface area contributed by atoms with Crippen molar-refractivity contribution in [1.29, 1.82) is 0 Å². The Hall–Kier alpha value is -3.03. The molecule has 2 aromatic heterocycles. The number of furan rings is 2. The van der Waals surface area contributed by atoms with Gasteiger partial charge in [-0.15, -0.1) is 0 Å². The van der Waals surface area contributed by atoms with E-state index in [1.54, 1.807) is 39.2 Å². The highest BCUT2D eigenvalue weighted by Gasteiger charge is 2.38. The van der Waals surface area contributed by atoms with E-state index in [2.05, 4.69) is 0 Å². The first-order chi connectivity index (χ1) is 13.1. The largest absolute Gasteiger partial charge is 0.467 e. The minimum atomic E-state index is -0.334. The zero-order chi connectivity index (χ0) is 18.8. The number of rotatable bonds is 4. The fraction of sp³-hybridized carbons (Fsp3) is 0.421. The molecule has 1 atom stereocenters. The van der Waals surface area contributed by atoms with E-state index in [0.29, 0.717) is 50.8 Å². The molecule has 0 N–H and O–H groups in total. The highest BCUT2D eigenvalue weighted by Crippen LogP contribution is 2.23. The number of hydrogen-bond acceptors (Lipinski definition) is 5. The Labute approximate surface area is 156 Å². The van der Waals surface area contributed by atoms with Gasteiger partial charge in [0.1, 0.15) is 5.76 Å². The van der Waals surface area contributed by atoms with Crippen LogP contribution in [0.25, 0.3) is 0 Å². The molecule has 4 rings (SSSR count). The van der Waals surface area contributed by atoms with Crippen LogP contribution < -0.4 is 0 Å². The van der Waals surface area contributed by atoms with Crippen molar-refractivity contribution >= 4 is 17.7 Å². The van der Waals surface area contributed by atoms with Gasteiger partial charge < -0.3 is 23.5 Å². The Morgan fingerprint density at radius 2 is 1.70 bits per heavy atom. The van der Waals surface area contributed by atoms with Gasteiger partial charge in [-0.3, -0.25) is 14.4 Å². The molecule has 1 unspecified atom stereocenters. The van der Waals surface area contributed by atoms with Crippen molar-refractivity contribution in [2.24, 2.45) is 5.92 Å². The first kappa shape index (κ1) is 17.4. The van der Waals surface area contributed by atoms with Gasteiger partial charge in [0.15, 0.2) is 5.76 Å². The van der Waals surface area contributed by atoms with Crippen LogP contribution in [0.1, 0.15) is 22.7 Å². The summed E-state index contributed by atoms with van der Waals surface area (Å²) in [7, 11) is 0. The summed E-state index contributed by atoms with van der Waals surface area (Å²) in [6, 6.07) is 6.91. The van der Waals surface area contributed by atoms with Crippen molar-refractivity contribution < 1.29 is 23.2 Å². The Bertz CT molecular complexity index is 807. The van der Waals surface area contributed by atoms with Crippen LogP contribution in [0.2, 0.25) is 0 Å². The third-order valence-corrected chi connectivity index (χ3v) is 5.10. The molecule has 0 radical (unpaired) electrons. The summed E-state index contributed by atoms with van der Waals surface area (Å²) >= 11 is 0. The molecule has 0 aromatic carbocycles. The van der Waals surface area contributed by atoms with Gasteiger partial charge in [-0.2, -0.15) is 0 Å². The van der Waals surface area contributed by atoms with Crippen molar-refractivity contribution in [3.8, 4) is 0 Å². The molecule has 2 aliphatic rings. The fourth-order valence-corrected chi connectivity index (χ4v) is 3.63. The van der Waals surface area contributed by atoms with Crippen LogP contribution in [0.4, 0.5) is 0 Å². The molecule has 0 saturated carbocycles. The average molecular weight is 371 g/mol. The first-order valence-corrected chi connectivity index (χ1v) is 9.03. The van der Waals surface area contributed by atoms with Crippen LogP contribution in [-0.4, -0.2) is 65.1 Å². The van der Waals surface area contributed by atoms with Crippen LogP contribution in [0.3, 0.4) is 0 Å². The molecule has 2 saturated heterocycles. The van der Waals surface area contributed by atoms with E-state index < -0.39 is 0 Å². The van der Waals surface area contributed by atoms with Gasteiger partial charge in [-0.25, -0.2) is 0 Å². The van der Waals surface area contributed by atoms with Crippen LogP contribution in [-0.2, 0) is 16.1 Å². The molecule has 8 heteroatoms. The van der Waals surface area contributed by atoms with Gasteiger partial charge >= 0.3 is 0 Å². The number of piperazine rings is 1. The number of carbonyl (C=O) groups excluding carboxylic acids is 3. The molecule has 0 bridgehead atoms. The smallest absolute Gasteiger partial charge is 0.289 e. The van der Waals surface area contributed by atoms with E-state index in [-0.39, 0.29) is 30.1 Å². The molecule has 4 heterocycles. The number of hydrogen-bond donors (Lipinski definition) is 0. The van der Waals surface area contributed by atoms with Crippen molar-refractivity contribution in [2.45, 2.75) is 13.0 Å². The van der Waals surface area contributed by atoms with Gasteiger partial charge in [0, 0.05) is 39.1 Å². The predicted molar refractivity (Wildman–Crippen MR) is 93.4 cm³/mol. The molecular weight excluding hydrogens is 350 g/mol. The molecule has 0 aliphatic carbocycles. The quantitative estimate of drug-likeness (QED) is 0.806. The van der Waals surface area contributed by atoms with Crippen molar-refractivity contribution in [2.75, 3.05) is 32.7 Å². The molecule has 2 aliphatic heterocycles. The Morgan fingerprint density at radius 1 is 1.00 bits per heavy atom. The van der Waals surface area contributed by atoms with Crippen LogP contribution >= 0.6 is 0 Å². The lowest BCUT2D eigenvalue weighted by Crippen LogP contribution is -2.52. The minimum absolute atomic E-state index is 0.0182. The Kier molecular flexibility index (Phi) is 4.70. The standard InChI is InChI=1S/C19H21N3O5/c23-17-11-14(12-22(17)13-15-3-1-9-26-15)18(24)20-5-7-21(8-6-20)19(25)16-4-2-10-27-16/h1-4,9-10,14H,5-8,11-13H2. The minimum Gasteiger partial charge on any atom is -0.467 e. The molecule has 2 fully saturated rings. The zero-order valence-electron chi connectivity index (χ0n) is 14.9. The van der Waals surface area contributed by atoms with Crippen LogP contribution in [0, 0.1) is 5.92 Å². The molecule has 142 valence electrons. The van der Waals surface area contributed by atoms with Gasteiger partial charge in [-0.05, 0) is 24.3 Å². The normalized spacial score (nSPS) is 20.4. The lowest BCUT2D eigenvalue weighted by molar-refractivity contribution is -0.137. The van der Waals surface area contributed by atoms with Crippen molar-refractivity contribution in [3.63, 3.8) is 0 Å². The predicted octanol–water partition coefficient (Wildman–Crippen LogP) is 1.21. The zero-order valence-corrected chi connectivity index (χ0v) is 14.9. The van der Waals surface area contributed by atoms with Gasteiger partial charge in [0.05, 0.1) is 25.0 Å². The van der Waals surface area contributed by atoms with Gasteiger partial charge in [-0.1, -0.05) is 0 Å². The second-order valence-electron chi connectivity index (χ2n) is 6.85. The number of likely N-dealkylation sites (tertiary alicyclic amines) is 1. The second kappa shape index (κ2) is 7.30. The van der Waals surface area contributed by atoms with E-state index in [9.17, 15) is 14.4 Å². The Morgan fingerprint density at radius 3 is 2.37 bits per heavy atom. The maximum absolute atomic E-state index is 12.8. The molecular formula is C19H21N3O5. The highest BCUT2D eigenvalue weighted by molar-refractivity contribution is 5.92. The molecule has 8 nitrogen and oxygen atoms in total. The summed E-state index contributed by atoms with van der Waals surface area (Å²) in [6.45, 7) is 2.65. The monoisotopic (exact) mass is 371 g/mol. The SMILES string of the molecule is O=C1CC(C(=O)N2CCN(C(=O)c3ccco3)CC2)CN1Cc1ccco1. The van der Waals surface area contributed by atoms with E-state index in [4.69, 9.17) is 8.83 Å². The molecule has 27 heavy (non-hydrogen) atoms. The maximum Gasteiger partial charge on any atom is 0.289 e. The van der Waals surface area contributed by atoms with E-state index in [1.807, 2.05) is 6.07 Å². The molecule has 3 amide bonds. The maximum atomic E-state index is 12.8. The van der Waals surface area contributed by atoms with Crippen molar-refractivity contribution in [3.05, 3.63) is 48.3 Å². The topological polar surface area (TPSA) is 87.2 Å². The fourth-order valence-electron chi connectivity index (χ4n) is 3.63. The third-order valence-electron chi connectivity index (χ3n) is 5.10. The summed E-state index contributed by atoms with van der Waals surface area (Å²) in [5, 5.41) is 0. The van der Waals surface area contributed by atoms with Crippen LogP contribution in [0.15, 0.2) is 45.6 Å². The van der Waals surface area contributed by atoms with Gasteiger partial charge in [0.2, 0.25) is 11.8 Å². The average Bonchev–Trinajstić information content (AvgIpc) is 3.44.